The number of hydrogen-bond donors (Lipinski definition) is 0. The van der Waals surface area contributed by atoms with Gasteiger partial charge in [-0.15, -0.1) is 0 Å². The van der Waals surface area contributed by atoms with Crippen LogP contribution < -0.4 is 4.90 Å². The van der Waals surface area contributed by atoms with E-state index in [9.17, 15) is 0 Å². The largest absolute Gasteiger partial charge is 0.310 e. The molecule has 0 saturated heterocycles. The molecule has 0 heterocycles. The van der Waals surface area contributed by atoms with Crippen molar-refractivity contribution in [3.63, 3.8) is 0 Å². The van der Waals surface area contributed by atoms with Crippen LogP contribution in [0.1, 0.15) is 125 Å². The summed E-state index contributed by atoms with van der Waals surface area (Å²) in [6, 6.07) is 86.0. The summed E-state index contributed by atoms with van der Waals surface area (Å²) in [6.07, 6.45) is 0. The summed E-state index contributed by atoms with van der Waals surface area (Å²) in [6.45, 7) is 23.4. The van der Waals surface area contributed by atoms with E-state index in [2.05, 4.69) is 299 Å². The fraction of sp³-hybridized carbons (Fsp3) is 0.200. The average molecular weight is 982 g/mol. The van der Waals surface area contributed by atoms with Crippen molar-refractivity contribution in [3.05, 3.63) is 280 Å². The highest BCUT2D eigenvalue weighted by Gasteiger charge is 2.47. The van der Waals surface area contributed by atoms with E-state index in [1.165, 1.54) is 111 Å². The van der Waals surface area contributed by atoms with Crippen LogP contribution >= 0.6 is 0 Å². The maximum Gasteiger partial charge on any atom is 0.0714 e. The Kier molecular flexibility index (Phi) is 10.7. The third-order valence-electron chi connectivity index (χ3n) is 17.7. The molecule has 0 aliphatic heterocycles. The standard InChI is InChI=1S/C75H67N/c1-71(2,3)50-33-37-52(38-34-50)75(53-39-35-51(36-40-53)72(4,5)6)66-28-17-13-21-57(66)60-45-43-55(47-68(60)75)76(54-41-30-48(31-42-54)49-32-44-59-56-20-11-15-26-64(56)73(7,8)67(59)46-49)69-29-18-14-23-61(69)63-25-19-24-62-58-22-12-16-27-65(58)74(9,10)70(62)63/h11-47H,1-10H3. The van der Waals surface area contributed by atoms with Crippen molar-refractivity contribution in [1.29, 1.82) is 0 Å². The van der Waals surface area contributed by atoms with Crippen molar-refractivity contribution in [2.75, 3.05) is 4.90 Å². The molecule has 3 aliphatic rings. The number of anilines is 3. The van der Waals surface area contributed by atoms with E-state index in [-0.39, 0.29) is 21.7 Å². The monoisotopic (exact) mass is 982 g/mol. The minimum Gasteiger partial charge on any atom is -0.310 e. The van der Waals surface area contributed by atoms with Gasteiger partial charge in [0, 0.05) is 27.8 Å². The molecule has 10 aromatic carbocycles. The van der Waals surface area contributed by atoms with Gasteiger partial charge in [0.25, 0.3) is 0 Å². The maximum absolute atomic E-state index is 2.54. The lowest BCUT2D eigenvalue weighted by Gasteiger charge is -2.36. The first-order chi connectivity index (χ1) is 36.5. The van der Waals surface area contributed by atoms with Crippen molar-refractivity contribution < 1.29 is 0 Å². The van der Waals surface area contributed by atoms with Crippen LogP contribution in [0, 0.1) is 0 Å². The average Bonchev–Trinajstić information content (AvgIpc) is 4.18. The van der Waals surface area contributed by atoms with Crippen molar-refractivity contribution in [2.45, 2.75) is 96.3 Å². The third-order valence-corrected chi connectivity index (χ3v) is 17.7. The van der Waals surface area contributed by atoms with Crippen LogP contribution in [0.15, 0.2) is 224 Å². The van der Waals surface area contributed by atoms with Gasteiger partial charge in [-0.3, -0.25) is 0 Å². The van der Waals surface area contributed by atoms with E-state index in [4.69, 9.17) is 0 Å². The number of rotatable bonds is 7. The topological polar surface area (TPSA) is 3.24 Å². The summed E-state index contributed by atoms with van der Waals surface area (Å²) >= 11 is 0. The number of benzene rings is 10. The van der Waals surface area contributed by atoms with E-state index in [0.29, 0.717) is 0 Å². The van der Waals surface area contributed by atoms with Gasteiger partial charge in [-0.05, 0) is 153 Å². The van der Waals surface area contributed by atoms with Crippen LogP contribution in [-0.4, -0.2) is 0 Å². The molecular weight excluding hydrogens is 915 g/mol. The third kappa shape index (κ3) is 7.11. The molecule has 0 N–H and O–H groups in total. The van der Waals surface area contributed by atoms with Crippen LogP contribution in [0.3, 0.4) is 0 Å². The molecule has 76 heavy (non-hydrogen) atoms. The van der Waals surface area contributed by atoms with Crippen LogP contribution in [0.25, 0.3) is 55.6 Å². The smallest absolute Gasteiger partial charge is 0.0714 e. The summed E-state index contributed by atoms with van der Waals surface area (Å²) in [5.74, 6) is 0. The van der Waals surface area contributed by atoms with Gasteiger partial charge >= 0.3 is 0 Å². The van der Waals surface area contributed by atoms with Crippen molar-refractivity contribution in [3.8, 4) is 55.6 Å². The molecule has 0 spiro atoms. The number of hydrogen-bond acceptors (Lipinski definition) is 1. The highest BCUT2D eigenvalue weighted by Crippen LogP contribution is 2.59. The van der Waals surface area contributed by atoms with Gasteiger partial charge in [-0.1, -0.05) is 257 Å². The summed E-state index contributed by atoms with van der Waals surface area (Å²) in [4.78, 5) is 2.54. The minimum atomic E-state index is -0.596. The number of fused-ring (bicyclic) bond motifs is 9. The molecule has 1 heteroatoms. The fourth-order valence-electron chi connectivity index (χ4n) is 13.7. The van der Waals surface area contributed by atoms with Gasteiger partial charge in [-0.2, -0.15) is 0 Å². The zero-order valence-electron chi connectivity index (χ0n) is 45.8. The SMILES string of the molecule is CC(C)(C)c1ccc(C2(c3ccc(C(C)(C)C)cc3)c3ccccc3-c3ccc(N(c4ccc(-c5ccc6c(c5)C(C)(C)c5ccccc5-6)cc4)c4ccccc4-c4cccc5c4C(C)(C)c4ccccc4-5)cc32)cc1. The fourth-order valence-corrected chi connectivity index (χ4v) is 13.7. The Labute approximate surface area is 451 Å². The van der Waals surface area contributed by atoms with Gasteiger partial charge in [-0.25, -0.2) is 0 Å². The van der Waals surface area contributed by atoms with Crippen molar-refractivity contribution in [1.82, 2.24) is 0 Å². The van der Waals surface area contributed by atoms with Gasteiger partial charge in [0.2, 0.25) is 0 Å². The lowest BCUT2D eigenvalue weighted by Crippen LogP contribution is -2.29. The van der Waals surface area contributed by atoms with Gasteiger partial charge < -0.3 is 4.90 Å². The minimum absolute atomic E-state index is 0.0159. The highest BCUT2D eigenvalue weighted by atomic mass is 15.1. The quantitative estimate of drug-likeness (QED) is 0.154. The van der Waals surface area contributed by atoms with Gasteiger partial charge in [0.05, 0.1) is 11.1 Å². The first-order valence-corrected chi connectivity index (χ1v) is 27.4. The van der Waals surface area contributed by atoms with Crippen molar-refractivity contribution in [2.24, 2.45) is 0 Å². The predicted molar refractivity (Wildman–Crippen MR) is 322 cm³/mol. The molecular formula is C75H67N. The molecule has 1 nitrogen and oxygen atoms in total. The molecule has 372 valence electrons. The summed E-state index contributed by atoms with van der Waals surface area (Å²) in [5, 5.41) is 0. The summed E-state index contributed by atoms with van der Waals surface area (Å²) in [5.41, 5.74) is 28.6. The van der Waals surface area contributed by atoms with Crippen molar-refractivity contribution >= 4 is 17.1 Å². The second kappa shape index (κ2) is 17.0. The van der Waals surface area contributed by atoms with E-state index in [1.54, 1.807) is 0 Å². The first kappa shape index (κ1) is 47.7. The molecule has 0 atom stereocenters. The molecule has 0 aromatic heterocycles. The Morgan fingerprint density at radius 1 is 0.303 bits per heavy atom. The van der Waals surface area contributed by atoms with Crippen LogP contribution in [0.2, 0.25) is 0 Å². The Bertz CT molecular complexity index is 3870. The van der Waals surface area contributed by atoms with Crippen LogP contribution in [0.5, 0.6) is 0 Å². The van der Waals surface area contributed by atoms with Gasteiger partial charge in [0.15, 0.2) is 0 Å². The molecule has 13 rings (SSSR count). The highest BCUT2D eigenvalue weighted by molar-refractivity contribution is 5.96. The molecule has 3 aliphatic carbocycles. The Hall–Kier alpha value is -8.00. The predicted octanol–water partition coefficient (Wildman–Crippen LogP) is 20.1. The molecule has 0 radical (unpaired) electrons. The Morgan fingerprint density at radius 2 is 0.724 bits per heavy atom. The lowest BCUT2D eigenvalue weighted by atomic mass is 9.67. The Morgan fingerprint density at radius 3 is 1.32 bits per heavy atom. The normalized spacial score (nSPS) is 15.0. The zero-order valence-corrected chi connectivity index (χ0v) is 45.8. The molecule has 0 bridgehead atoms. The van der Waals surface area contributed by atoms with Crippen LogP contribution in [0.4, 0.5) is 17.1 Å². The molecule has 0 saturated carbocycles. The second-order valence-corrected chi connectivity index (χ2v) is 24.9. The molecule has 0 unspecified atom stereocenters. The van der Waals surface area contributed by atoms with E-state index in [0.717, 1.165) is 17.1 Å². The van der Waals surface area contributed by atoms with E-state index >= 15 is 0 Å². The zero-order chi connectivity index (χ0) is 52.5. The van der Waals surface area contributed by atoms with E-state index < -0.39 is 5.41 Å². The summed E-state index contributed by atoms with van der Waals surface area (Å²) < 4.78 is 0. The summed E-state index contributed by atoms with van der Waals surface area (Å²) in [7, 11) is 0. The lowest BCUT2D eigenvalue weighted by molar-refractivity contribution is 0.588. The molecule has 10 aromatic rings. The number of para-hydroxylation sites is 1. The molecule has 0 fully saturated rings. The van der Waals surface area contributed by atoms with E-state index in [1.807, 2.05) is 0 Å². The van der Waals surface area contributed by atoms with Gasteiger partial charge in [0.1, 0.15) is 0 Å². The maximum atomic E-state index is 2.54. The number of nitrogens with zero attached hydrogens (tertiary/aromatic N) is 1. The first-order valence-electron chi connectivity index (χ1n) is 27.4. The Balaban J connectivity index is 1.04. The van der Waals surface area contributed by atoms with Crippen LogP contribution in [-0.2, 0) is 27.1 Å². The second-order valence-electron chi connectivity index (χ2n) is 24.9. The molecule has 0 amide bonds.